The van der Waals surface area contributed by atoms with Crippen molar-refractivity contribution in [3.8, 4) is 0 Å². The van der Waals surface area contributed by atoms with Crippen molar-refractivity contribution in [2.24, 2.45) is 0 Å². The SMILES string of the molecule is Cl.Fc1ccccc1[C@@H](N1CCNCC1)C(F)(F)F. The normalized spacial score (nSPS) is 18.7. The fourth-order valence-corrected chi connectivity index (χ4v) is 2.22. The molecule has 1 aliphatic heterocycles. The third kappa shape index (κ3) is 3.81. The maximum absolute atomic E-state index is 13.6. The highest BCUT2D eigenvalue weighted by molar-refractivity contribution is 5.85. The van der Waals surface area contributed by atoms with E-state index in [1.165, 1.54) is 23.1 Å². The second kappa shape index (κ2) is 6.54. The van der Waals surface area contributed by atoms with E-state index in [2.05, 4.69) is 5.32 Å². The summed E-state index contributed by atoms with van der Waals surface area (Å²) in [7, 11) is 0. The number of hydrogen-bond donors (Lipinski definition) is 1. The molecule has 0 aliphatic carbocycles. The van der Waals surface area contributed by atoms with Gasteiger partial charge in [0.25, 0.3) is 0 Å². The van der Waals surface area contributed by atoms with Crippen LogP contribution >= 0.6 is 12.4 Å². The van der Waals surface area contributed by atoms with Crippen LogP contribution in [0.3, 0.4) is 0 Å². The van der Waals surface area contributed by atoms with E-state index in [9.17, 15) is 17.6 Å². The second-order valence-electron chi connectivity index (χ2n) is 4.25. The van der Waals surface area contributed by atoms with Crippen LogP contribution in [0.2, 0.25) is 0 Å². The molecule has 1 N–H and O–H groups in total. The van der Waals surface area contributed by atoms with Gasteiger partial charge in [0.1, 0.15) is 11.9 Å². The lowest BCUT2D eigenvalue weighted by molar-refractivity contribution is -0.188. The van der Waals surface area contributed by atoms with Gasteiger partial charge in [-0.1, -0.05) is 18.2 Å². The Morgan fingerprint density at radius 1 is 1.11 bits per heavy atom. The van der Waals surface area contributed by atoms with Gasteiger partial charge in [0, 0.05) is 31.7 Å². The van der Waals surface area contributed by atoms with Crippen molar-refractivity contribution in [2.45, 2.75) is 12.2 Å². The molecule has 0 saturated carbocycles. The van der Waals surface area contributed by atoms with E-state index in [0.717, 1.165) is 6.07 Å². The highest BCUT2D eigenvalue weighted by Gasteiger charge is 2.45. The average Bonchev–Trinajstić information content (AvgIpc) is 2.32. The van der Waals surface area contributed by atoms with Crippen LogP contribution < -0.4 is 5.32 Å². The van der Waals surface area contributed by atoms with Crippen LogP contribution in [0.5, 0.6) is 0 Å². The van der Waals surface area contributed by atoms with E-state index in [-0.39, 0.29) is 31.1 Å². The Hall–Kier alpha value is -0.850. The van der Waals surface area contributed by atoms with Crippen LogP contribution in [-0.2, 0) is 0 Å². The largest absolute Gasteiger partial charge is 0.408 e. The first kappa shape index (κ1) is 16.2. The summed E-state index contributed by atoms with van der Waals surface area (Å²) in [6.45, 7) is 1.50. The first-order valence-corrected chi connectivity index (χ1v) is 5.76. The molecule has 2 rings (SSSR count). The standard InChI is InChI=1S/C12H14F4N2.ClH/c13-10-4-2-1-3-9(10)11(12(14,15)16)18-7-5-17-6-8-18;/h1-4,11,17H,5-8H2;1H/t11-;/m1./s1. The Kier molecular flexibility index (Phi) is 5.58. The molecule has 7 heteroatoms. The number of nitrogens with zero attached hydrogens (tertiary/aromatic N) is 1. The molecule has 1 aliphatic rings. The minimum Gasteiger partial charge on any atom is -0.314 e. The van der Waals surface area contributed by atoms with Gasteiger partial charge in [-0.15, -0.1) is 12.4 Å². The molecular formula is C12H15ClF4N2. The smallest absolute Gasteiger partial charge is 0.314 e. The topological polar surface area (TPSA) is 15.3 Å². The second-order valence-corrected chi connectivity index (χ2v) is 4.25. The molecular weight excluding hydrogens is 284 g/mol. The van der Waals surface area contributed by atoms with Gasteiger partial charge in [0.2, 0.25) is 0 Å². The number of benzene rings is 1. The number of piperazine rings is 1. The van der Waals surface area contributed by atoms with Gasteiger partial charge < -0.3 is 5.32 Å². The van der Waals surface area contributed by atoms with E-state index in [4.69, 9.17) is 0 Å². The summed E-state index contributed by atoms with van der Waals surface area (Å²) in [5.74, 6) is -0.807. The van der Waals surface area contributed by atoms with Crippen LogP contribution in [0.4, 0.5) is 17.6 Å². The number of hydrogen-bond acceptors (Lipinski definition) is 2. The van der Waals surface area contributed by atoms with Crippen LogP contribution in [-0.4, -0.2) is 37.3 Å². The summed E-state index contributed by atoms with van der Waals surface area (Å²) in [5, 5.41) is 2.98. The summed E-state index contributed by atoms with van der Waals surface area (Å²) in [6, 6.07) is 3.23. The first-order valence-electron chi connectivity index (χ1n) is 5.76. The van der Waals surface area contributed by atoms with Crippen molar-refractivity contribution in [1.82, 2.24) is 10.2 Å². The molecule has 0 amide bonds. The van der Waals surface area contributed by atoms with Crippen molar-refractivity contribution < 1.29 is 17.6 Å². The summed E-state index contributed by atoms with van der Waals surface area (Å²) < 4.78 is 53.0. The fraction of sp³-hybridized carbons (Fsp3) is 0.500. The van der Waals surface area contributed by atoms with E-state index < -0.39 is 18.0 Å². The third-order valence-corrected chi connectivity index (χ3v) is 3.03. The van der Waals surface area contributed by atoms with E-state index in [1.807, 2.05) is 0 Å². The predicted octanol–water partition coefficient (Wildman–Crippen LogP) is 2.76. The molecule has 1 aromatic carbocycles. The number of alkyl halides is 3. The molecule has 0 unspecified atom stereocenters. The lowest BCUT2D eigenvalue weighted by Gasteiger charge is -2.36. The number of nitrogens with one attached hydrogen (secondary N) is 1. The predicted molar refractivity (Wildman–Crippen MR) is 66.9 cm³/mol. The maximum Gasteiger partial charge on any atom is 0.408 e. The third-order valence-electron chi connectivity index (χ3n) is 3.03. The maximum atomic E-state index is 13.6. The summed E-state index contributed by atoms with van der Waals surface area (Å²) >= 11 is 0. The first-order chi connectivity index (χ1) is 8.50. The minimum absolute atomic E-state index is 0. The van der Waals surface area contributed by atoms with Gasteiger partial charge >= 0.3 is 6.18 Å². The molecule has 108 valence electrons. The Morgan fingerprint density at radius 2 is 1.68 bits per heavy atom. The van der Waals surface area contributed by atoms with Crippen molar-refractivity contribution >= 4 is 12.4 Å². The lowest BCUT2D eigenvalue weighted by Crippen LogP contribution is -2.49. The highest BCUT2D eigenvalue weighted by Crippen LogP contribution is 2.38. The zero-order valence-electron chi connectivity index (χ0n) is 10.1. The van der Waals surface area contributed by atoms with Crippen molar-refractivity contribution in [1.29, 1.82) is 0 Å². The average molecular weight is 299 g/mol. The van der Waals surface area contributed by atoms with Gasteiger partial charge in [-0.2, -0.15) is 13.2 Å². The lowest BCUT2D eigenvalue weighted by atomic mass is 10.0. The number of halogens is 5. The molecule has 0 aromatic heterocycles. The van der Waals surface area contributed by atoms with E-state index in [0.29, 0.717) is 13.1 Å². The van der Waals surface area contributed by atoms with Gasteiger partial charge in [0.05, 0.1) is 0 Å². The monoisotopic (exact) mass is 298 g/mol. The molecule has 19 heavy (non-hydrogen) atoms. The molecule has 1 heterocycles. The van der Waals surface area contributed by atoms with E-state index in [1.54, 1.807) is 0 Å². The van der Waals surface area contributed by atoms with Crippen molar-refractivity contribution in [3.63, 3.8) is 0 Å². The molecule has 0 radical (unpaired) electrons. The zero-order valence-corrected chi connectivity index (χ0v) is 10.9. The summed E-state index contributed by atoms with van der Waals surface area (Å²) in [5.41, 5.74) is -0.299. The highest BCUT2D eigenvalue weighted by atomic mass is 35.5. The Morgan fingerprint density at radius 3 is 2.21 bits per heavy atom. The Balaban J connectivity index is 0.00000180. The molecule has 2 nitrogen and oxygen atoms in total. The molecule has 1 aromatic rings. The molecule has 1 atom stereocenters. The molecule has 1 saturated heterocycles. The summed E-state index contributed by atoms with van der Waals surface area (Å²) in [4.78, 5) is 1.27. The van der Waals surface area contributed by atoms with Gasteiger partial charge in [0.15, 0.2) is 0 Å². The molecule has 0 spiro atoms. The Labute approximate surface area is 115 Å². The van der Waals surface area contributed by atoms with Crippen LogP contribution in [0, 0.1) is 5.82 Å². The Bertz CT molecular complexity index is 405. The van der Waals surface area contributed by atoms with Gasteiger partial charge in [-0.05, 0) is 6.07 Å². The van der Waals surface area contributed by atoms with Crippen molar-refractivity contribution in [2.75, 3.05) is 26.2 Å². The van der Waals surface area contributed by atoms with Crippen LogP contribution in [0.15, 0.2) is 24.3 Å². The van der Waals surface area contributed by atoms with Gasteiger partial charge in [-0.3, -0.25) is 4.90 Å². The molecule has 0 bridgehead atoms. The van der Waals surface area contributed by atoms with Gasteiger partial charge in [-0.25, -0.2) is 4.39 Å². The van der Waals surface area contributed by atoms with Crippen LogP contribution in [0.25, 0.3) is 0 Å². The quantitative estimate of drug-likeness (QED) is 0.845. The van der Waals surface area contributed by atoms with Crippen LogP contribution in [0.1, 0.15) is 11.6 Å². The number of rotatable bonds is 2. The summed E-state index contributed by atoms with van der Waals surface area (Å²) in [6.07, 6.45) is -4.47. The zero-order chi connectivity index (χ0) is 13.2. The molecule has 1 fully saturated rings. The minimum atomic E-state index is -4.47. The fourth-order valence-electron chi connectivity index (χ4n) is 2.22. The van der Waals surface area contributed by atoms with E-state index >= 15 is 0 Å². The van der Waals surface area contributed by atoms with Crippen molar-refractivity contribution in [3.05, 3.63) is 35.6 Å².